The first-order valence-corrected chi connectivity index (χ1v) is 3.63. The normalized spacial score (nSPS) is 19.8. The Morgan fingerprint density at radius 3 is 2.07 bits per heavy atom. The van der Waals surface area contributed by atoms with Crippen molar-refractivity contribution in [1.29, 1.82) is 0 Å². The van der Waals surface area contributed by atoms with Gasteiger partial charge in [0.1, 0.15) is 12.2 Å². The van der Waals surface area contributed by atoms with Crippen molar-refractivity contribution < 1.29 is 40.5 Å². The summed E-state index contributed by atoms with van der Waals surface area (Å²) in [5, 5.41) is 51.7. The minimum atomic E-state index is -2.21. The van der Waals surface area contributed by atoms with Gasteiger partial charge >= 0.3 is 5.97 Å². The summed E-state index contributed by atoms with van der Waals surface area (Å²) >= 11 is 0. The van der Waals surface area contributed by atoms with Gasteiger partial charge < -0.3 is 25.5 Å². The molecule has 8 nitrogen and oxygen atoms in total. The number of hydrogen-bond acceptors (Lipinski definition) is 7. The highest BCUT2D eigenvalue weighted by atomic mass is 17.1. The van der Waals surface area contributed by atoms with Crippen LogP contribution in [0.25, 0.3) is 0 Å². The molecule has 4 atom stereocenters. The Balaban J connectivity index is 4.46. The topological polar surface area (TPSA) is 148 Å². The summed E-state index contributed by atoms with van der Waals surface area (Å²) in [6.45, 7) is -0.868. The van der Waals surface area contributed by atoms with Gasteiger partial charge in [-0.3, -0.25) is 5.26 Å². The second kappa shape index (κ2) is 5.86. The third kappa shape index (κ3) is 3.18. The fourth-order valence-corrected chi connectivity index (χ4v) is 0.774. The third-order valence-corrected chi connectivity index (χ3v) is 1.60. The van der Waals surface area contributed by atoms with Gasteiger partial charge in [-0.05, 0) is 0 Å². The van der Waals surface area contributed by atoms with Gasteiger partial charge in [-0.1, -0.05) is 0 Å². The lowest BCUT2D eigenvalue weighted by Crippen LogP contribution is -2.49. The smallest absolute Gasteiger partial charge is 0.335 e. The van der Waals surface area contributed by atoms with Crippen molar-refractivity contribution >= 4 is 5.97 Å². The van der Waals surface area contributed by atoms with Gasteiger partial charge in [-0.15, -0.1) is 0 Å². The minimum absolute atomic E-state index is 0.868. The summed E-state index contributed by atoms with van der Waals surface area (Å²) in [7, 11) is 0. The van der Waals surface area contributed by atoms with Crippen molar-refractivity contribution in [2.45, 2.75) is 24.4 Å². The molecule has 0 fully saturated rings. The van der Waals surface area contributed by atoms with E-state index in [-0.39, 0.29) is 0 Å². The van der Waals surface area contributed by atoms with Crippen LogP contribution in [0.5, 0.6) is 0 Å². The van der Waals surface area contributed by atoms with Gasteiger partial charge in [0, 0.05) is 0 Å². The number of aliphatic carboxylic acids is 1. The van der Waals surface area contributed by atoms with Crippen LogP contribution >= 0.6 is 0 Å². The molecular weight excluding hydrogens is 200 g/mol. The van der Waals surface area contributed by atoms with E-state index < -0.39 is 37.0 Å². The molecule has 0 aliphatic rings. The van der Waals surface area contributed by atoms with E-state index in [1.165, 1.54) is 0 Å². The molecule has 0 amide bonds. The Hall–Kier alpha value is -0.770. The van der Waals surface area contributed by atoms with Crippen LogP contribution in [0.3, 0.4) is 0 Å². The molecule has 4 unspecified atom stereocenters. The third-order valence-electron chi connectivity index (χ3n) is 1.60. The molecule has 6 N–H and O–H groups in total. The van der Waals surface area contributed by atoms with Crippen molar-refractivity contribution in [2.24, 2.45) is 0 Å². The Labute approximate surface area is 78.5 Å². The predicted octanol–water partition coefficient (Wildman–Crippen LogP) is -3.00. The van der Waals surface area contributed by atoms with E-state index >= 15 is 0 Å². The van der Waals surface area contributed by atoms with Gasteiger partial charge in [0.25, 0.3) is 0 Å². The lowest BCUT2D eigenvalue weighted by molar-refractivity contribution is -0.320. The summed E-state index contributed by atoms with van der Waals surface area (Å²) in [5.41, 5.74) is 0. The average Bonchev–Trinajstić information content (AvgIpc) is 2.17. The van der Waals surface area contributed by atoms with Crippen LogP contribution in [0.2, 0.25) is 0 Å². The highest BCUT2D eigenvalue weighted by Gasteiger charge is 2.37. The number of carboxylic acids is 1. The molecule has 0 aromatic rings. The molecule has 0 rings (SSSR count). The SMILES string of the molecule is O=C(O)C(O)C(OO)C(O)C(O)CO. The summed E-state index contributed by atoms with van der Waals surface area (Å²) in [6.07, 6.45) is -7.79. The van der Waals surface area contributed by atoms with Crippen LogP contribution in [0, 0.1) is 0 Å². The molecule has 8 heteroatoms. The number of rotatable bonds is 6. The van der Waals surface area contributed by atoms with Crippen LogP contribution < -0.4 is 0 Å². The minimum Gasteiger partial charge on any atom is -0.479 e. The van der Waals surface area contributed by atoms with Crippen molar-refractivity contribution in [1.82, 2.24) is 0 Å². The van der Waals surface area contributed by atoms with E-state index in [1.807, 2.05) is 0 Å². The first-order chi connectivity index (χ1) is 6.45. The number of carbonyl (C=O) groups is 1. The zero-order valence-corrected chi connectivity index (χ0v) is 7.02. The molecule has 14 heavy (non-hydrogen) atoms. The molecule has 0 saturated heterocycles. The molecule has 0 aliphatic carbocycles. The van der Waals surface area contributed by atoms with Gasteiger partial charge in [0.2, 0.25) is 0 Å². The number of aliphatic hydroxyl groups excluding tert-OH is 4. The molecule has 0 aromatic heterocycles. The first kappa shape index (κ1) is 13.2. The standard InChI is InChI=1S/C6H12O8/c7-1-2(8)3(9)5(14-13)4(10)6(11)12/h2-5,7-10,13H,1H2,(H,11,12). The fraction of sp³-hybridized carbons (Fsp3) is 0.833. The summed E-state index contributed by atoms with van der Waals surface area (Å²) in [5.74, 6) is -1.74. The van der Waals surface area contributed by atoms with Crippen molar-refractivity contribution in [2.75, 3.05) is 6.61 Å². The van der Waals surface area contributed by atoms with E-state index in [0.717, 1.165) is 0 Å². The predicted molar refractivity (Wildman–Crippen MR) is 40.2 cm³/mol. The monoisotopic (exact) mass is 212 g/mol. The van der Waals surface area contributed by atoms with Crippen LogP contribution in [-0.2, 0) is 9.68 Å². The Morgan fingerprint density at radius 2 is 1.79 bits per heavy atom. The zero-order valence-electron chi connectivity index (χ0n) is 7.02. The van der Waals surface area contributed by atoms with Crippen LogP contribution in [0.4, 0.5) is 0 Å². The van der Waals surface area contributed by atoms with Gasteiger partial charge in [-0.2, -0.15) is 0 Å². The first-order valence-electron chi connectivity index (χ1n) is 3.63. The largest absolute Gasteiger partial charge is 0.479 e. The number of hydrogen-bond donors (Lipinski definition) is 6. The molecule has 0 spiro atoms. The van der Waals surface area contributed by atoms with Gasteiger partial charge in [-0.25, -0.2) is 9.68 Å². The maximum atomic E-state index is 10.2. The fourth-order valence-electron chi connectivity index (χ4n) is 0.774. The van der Waals surface area contributed by atoms with E-state index in [1.54, 1.807) is 0 Å². The lowest BCUT2D eigenvalue weighted by atomic mass is 10.0. The molecule has 0 aliphatic heterocycles. The lowest BCUT2D eigenvalue weighted by Gasteiger charge is -2.24. The van der Waals surface area contributed by atoms with Crippen molar-refractivity contribution in [3.8, 4) is 0 Å². The second-order valence-corrected chi connectivity index (χ2v) is 2.59. The zero-order chi connectivity index (χ0) is 11.3. The summed E-state index contributed by atoms with van der Waals surface area (Å²) in [6, 6.07) is 0. The number of aliphatic hydroxyl groups is 4. The van der Waals surface area contributed by atoms with E-state index in [0.29, 0.717) is 0 Å². The van der Waals surface area contributed by atoms with Crippen LogP contribution in [-0.4, -0.2) is 67.8 Å². The summed E-state index contributed by atoms with van der Waals surface area (Å²) in [4.78, 5) is 13.7. The Bertz CT molecular complexity index is 183. The molecule has 84 valence electrons. The molecule has 0 saturated carbocycles. The van der Waals surface area contributed by atoms with E-state index in [2.05, 4.69) is 4.89 Å². The molecule has 0 heterocycles. The maximum absolute atomic E-state index is 10.2. The maximum Gasteiger partial charge on any atom is 0.335 e. The molecule has 0 radical (unpaired) electrons. The second-order valence-electron chi connectivity index (χ2n) is 2.59. The Kier molecular flexibility index (Phi) is 5.53. The van der Waals surface area contributed by atoms with Gasteiger partial charge in [0.15, 0.2) is 12.2 Å². The molecular formula is C6H12O8. The van der Waals surface area contributed by atoms with E-state index in [9.17, 15) is 4.79 Å². The van der Waals surface area contributed by atoms with Crippen LogP contribution in [0.1, 0.15) is 0 Å². The highest BCUT2D eigenvalue weighted by molar-refractivity contribution is 5.72. The molecule has 0 aromatic carbocycles. The van der Waals surface area contributed by atoms with E-state index in [4.69, 9.17) is 30.8 Å². The van der Waals surface area contributed by atoms with Gasteiger partial charge in [0.05, 0.1) is 6.61 Å². The molecule has 0 bridgehead atoms. The summed E-state index contributed by atoms with van der Waals surface area (Å²) < 4.78 is 0. The highest BCUT2D eigenvalue weighted by Crippen LogP contribution is 2.08. The average molecular weight is 212 g/mol. The number of carboxylic acid groups (broad SMARTS) is 1. The van der Waals surface area contributed by atoms with Crippen molar-refractivity contribution in [3.63, 3.8) is 0 Å². The Morgan fingerprint density at radius 1 is 1.29 bits per heavy atom. The quantitative estimate of drug-likeness (QED) is 0.201. The van der Waals surface area contributed by atoms with Crippen LogP contribution in [0.15, 0.2) is 0 Å². The van der Waals surface area contributed by atoms with Crippen molar-refractivity contribution in [3.05, 3.63) is 0 Å².